The standard InChI is InChI=1S/C21H21F2N3O5/c1-3-14-17(31-25-18(14)12-5-7-13(27)8-6-12)9-21(22,23)20(30)24-16-11-26(4-2)10-15(16)19(28)29/h5-8,10-11,27H,3-4,9H2,1-2H3,(H,24,30)(H,28,29). The summed E-state index contributed by atoms with van der Waals surface area (Å²) in [4.78, 5) is 23.6. The first kappa shape index (κ1) is 22.0. The van der Waals surface area contributed by atoms with E-state index in [9.17, 15) is 28.6 Å². The number of benzene rings is 1. The quantitative estimate of drug-likeness (QED) is 0.495. The molecule has 164 valence electrons. The molecule has 0 saturated heterocycles. The number of alkyl halides is 2. The largest absolute Gasteiger partial charge is 0.508 e. The first-order valence-electron chi connectivity index (χ1n) is 9.55. The molecule has 0 saturated carbocycles. The topological polar surface area (TPSA) is 118 Å². The number of carboxylic acids is 1. The molecule has 8 nitrogen and oxygen atoms in total. The van der Waals surface area contributed by atoms with Crippen molar-refractivity contribution >= 4 is 17.6 Å². The van der Waals surface area contributed by atoms with Gasteiger partial charge < -0.3 is 24.6 Å². The van der Waals surface area contributed by atoms with Crippen LogP contribution in [-0.4, -0.2) is 37.7 Å². The van der Waals surface area contributed by atoms with Gasteiger partial charge in [0, 0.05) is 30.1 Å². The van der Waals surface area contributed by atoms with Crippen molar-refractivity contribution in [3.05, 3.63) is 53.5 Å². The van der Waals surface area contributed by atoms with Crippen LogP contribution in [0, 0.1) is 0 Å². The van der Waals surface area contributed by atoms with E-state index in [0.29, 0.717) is 29.8 Å². The van der Waals surface area contributed by atoms with Crippen LogP contribution in [0.4, 0.5) is 14.5 Å². The van der Waals surface area contributed by atoms with Crippen LogP contribution >= 0.6 is 0 Å². The number of nitrogens with zero attached hydrogens (tertiary/aromatic N) is 2. The highest BCUT2D eigenvalue weighted by atomic mass is 19.3. The van der Waals surface area contributed by atoms with E-state index in [4.69, 9.17) is 4.52 Å². The number of hydrogen-bond donors (Lipinski definition) is 3. The number of phenols is 1. The van der Waals surface area contributed by atoms with Crippen molar-refractivity contribution in [2.45, 2.75) is 39.2 Å². The highest BCUT2D eigenvalue weighted by molar-refractivity contribution is 6.02. The minimum atomic E-state index is -3.88. The number of rotatable bonds is 8. The van der Waals surface area contributed by atoms with E-state index in [2.05, 4.69) is 5.16 Å². The summed E-state index contributed by atoms with van der Waals surface area (Å²) in [7, 11) is 0. The molecule has 0 atom stereocenters. The number of aryl methyl sites for hydroxylation is 1. The Morgan fingerprint density at radius 3 is 2.45 bits per heavy atom. The predicted molar refractivity (Wildman–Crippen MR) is 107 cm³/mol. The third-order valence-corrected chi connectivity index (χ3v) is 4.80. The Labute approximate surface area is 176 Å². The molecular weight excluding hydrogens is 412 g/mol. The molecule has 0 spiro atoms. The fraction of sp³-hybridized carbons (Fsp3) is 0.286. The fourth-order valence-corrected chi connectivity index (χ4v) is 3.15. The number of phenolic OH excluding ortho intramolecular Hbond substituents is 1. The summed E-state index contributed by atoms with van der Waals surface area (Å²) in [5.74, 6) is -6.96. The molecule has 0 radical (unpaired) electrons. The van der Waals surface area contributed by atoms with E-state index in [1.807, 2.05) is 5.32 Å². The van der Waals surface area contributed by atoms with Crippen LogP contribution in [0.5, 0.6) is 5.75 Å². The molecule has 3 aromatic rings. The van der Waals surface area contributed by atoms with E-state index in [-0.39, 0.29) is 22.8 Å². The zero-order valence-corrected chi connectivity index (χ0v) is 16.9. The number of carboxylic acid groups (broad SMARTS) is 1. The van der Waals surface area contributed by atoms with Crippen molar-refractivity contribution in [3.63, 3.8) is 0 Å². The molecule has 1 amide bonds. The lowest BCUT2D eigenvalue weighted by Gasteiger charge is -2.15. The molecule has 10 heteroatoms. The summed E-state index contributed by atoms with van der Waals surface area (Å²) in [5.41, 5.74) is 0.847. The van der Waals surface area contributed by atoms with Gasteiger partial charge in [-0.15, -0.1) is 0 Å². The number of amides is 1. The van der Waals surface area contributed by atoms with Crippen molar-refractivity contribution in [2.24, 2.45) is 0 Å². The Bertz CT molecular complexity index is 1100. The van der Waals surface area contributed by atoms with Gasteiger partial charge in [0.1, 0.15) is 22.8 Å². The number of hydrogen-bond acceptors (Lipinski definition) is 5. The first-order valence-corrected chi connectivity index (χ1v) is 9.55. The number of carbonyl (C=O) groups excluding carboxylic acids is 1. The number of aromatic hydroxyl groups is 1. The first-order chi connectivity index (χ1) is 14.7. The summed E-state index contributed by atoms with van der Waals surface area (Å²) in [6.07, 6.45) is 1.83. The fourth-order valence-electron chi connectivity index (χ4n) is 3.15. The highest BCUT2D eigenvalue weighted by Gasteiger charge is 2.42. The number of halogens is 2. The average molecular weight is 433 g/mol. The van der Waals surface area contributed by atoms with Gasteiger partial charge in [0.15, 0.2) is 0 Å². The van der Waals surface area contributed by atoms with Gasteiger partial charge in [-0.1, -0.05) is 12.1 Å². The van der Waals surface area contributed by atoms with Crippen molar-refractivity contribution in [1.29, 1.82) is 0 Å². The van der Waals surface area contributed by atoms with Gasteiger partial charge in [-0.3, -0.25) is 4.79 Å². The summed E-state index contributed by atoms with van der Waals surface area (Å²) in [5, 5.41) is 24.5. The van der Waals surface area contributed by atoms with Crippen molar-refractivity contribution in [2.75, 3.05) is 5.32 Å². The molecule has 2 heterocycles. The number of carbonyl (C=O) groups is 2. The number of anilines is 1. The Balaban J connectivity index is 1.83. The molecule has 2 aromatic heterocycles. The molecule has 0 bridgehead atoms. The second-order valence-corrected chi connectivity index (χ2v) is 6.89. The van der Waals surface area contributed by atoms with Gasteiger partial charge >= 0.3 is 11.9 Å². The van der Waals surface area contributed by atoms with Gasteiger partial charge in [0.25, 0.3) is 5.91 Å². The van der Waals surface area contributed by atoms with Crippen LogP contribution in [0.15, 0.2) is 41.2 Å². The van der Waals surface area contributed by atoms with E-state index < -0.39 is 24.2 Å². The summed E-state index contributed by atoms with van der Waals surface area (Å²) in [6.45, 7) is 3.89. The third kappa shape index (κ3) is 4.57. The summed E-state index contributed by atoms with van der Waals surface area (Å²) < 4.78 is 36.0. The molecule has 1 aromatic carbocycles. The number of aromatic carboxylic acids is 1. The third-order valence-electron chi connectivity index (χ3n) is 4.80. The van der Waals surface area contributed by atoms with Crippen molar-refractivity contribution in [3.8, 4) is 17.0 Å². The van der Waals surface area contributed by atoms with E-state index >= 15 is 0 Å². The lowest BCUT2D eigenvalue weighted by Crippen LogP contribution is -2.37. The summed E-state index contributed by atoms with van der Waals surface area (Å²) >= 11 is 0. The second-order valence-electron chi connectivity index (χ2n) is 6.89. The maximum Gasteiger partial charge on any atom is 0.339 e. The average Bonchev–Trinajstić information content (AvgIpc) is 3.32. The molecule has 0 aliphatic carbocycles. The van der Waals surface area contributed by atoms with Crippen LogP contribution in [0.3, 0.4) is 0 Å². The molecule has 3 rings (SSSR count). The molecule has 0 aliphatic rings. The van der Waals surface area contributed by atoms with Crippen molar-refractivity contribution < 1.29 is 33.1 Å². The van der Waals surface area contributed by atoms with Crippen LogP contribution in [0.2, 0.25) is 0 Å². The van der Waals surface area contributed by atoms with E-state index in [1.54, 1.807) is 26.0 Å². The summed E-state index contributed by atoms with van der Waals surface area (Å²) in [6, 6.07) is 6.03. The van der Waals surface area contributed by atoms with Gasteiger partial charge in [-0.25, -0.2) is 4.79 Å². The Kier molecular flexibility index (Phi) is 6.09. The van der Waals surface area contributed by atoms with Crippen LogP contribution in [0.1, 0.15) is 35.5 Å². The van der Waals surface area contributed by atoms with Crippen LogP contribution in [0.25, 0.3) is 11.3 Å². The van der Waals surface area contributed by atoms with Gasteiger partial charge in [-0.2, -0.15) is 8.78 Å². The maximum atomic E-state index is 14.7. The Hall–Kier alpha value is -3.69. The maximum absolute atomic E-state index is 14.7. The Morgan fingerprint density at radius 2 is 1.87 bits per heavy atom. The molecular formula is C21H21F2N3O5. The molecule has 0 unspecified atom stereocenters. The van der Waals surface area contributed by atoms with Crippen LogP contribution < -0.4 is 5.32 Å². The zero-order chi connectivity index (χ0) is 22.8. The lowest BCUT2D eigenvalue weighted by atomic mass is 10.0. The minimum Gasteiger partial charge on any atom is -0.508 e. The monoisotopic (exact) mass is 433 g/mol. The highest BCUT2D eigenvalue weighted by Crippen LogP contribution is 2.32. The van der Waals surface area contributed by atoms with Gasteiger partial charge in [-0.05, 0) is 37.6 Å². The molecule has 31 heavy (non-hydrogen) atoms. The molecule has 0 aliphatic heterocycles. The molecule has 3 N–H and O–H groups in total. The van der Waals surface area contributed by atoms with Crippen LogP contribution in [-0.2, 0) is 24.2 Å². The number of nitrogens with one attached hydrogen (secondary N) is 1. The smallest absolute Gasteiger partial charge is 0.339 e. The van der Waals surface area contributed by atoms with Gasteiger partial charge in [0.2, 0.25) is 0 Å². The Morgan fingerprint density at radius 1 is 1.19 bits per heavy atom. The predicted octanol–water partition coefficient (Wildman–Crippen LogP) is 3.95. The van der Waals surface area contributed by atoms with Crippen molar-refractivity contribution in [1.82, 2.24) is 9.72 Å². The van der Waals surface area contributed by atoms with E-state index in [0.717, 1.165) is 0 Å². The normalized spacial score (nSPS) is 11.5. The lowest BCUT2D eigenvalue weighted by molar-refractivity contribution is -0.139. The molecule has 0 fully saturated rings. The van der Waals surface area contributed by atoms with Gasteiger partial charge in [0.05, 0.1) is 12.1 Å². The zero-order valence-electron chi connectivity index (χ0n) is 16.9. The second kappa shape index (κ2) is 8.58. The SMILES string of the molecule is CCc1c(-c2ccc(O)cc2)noc1CC(F)(F)C(=O)Nc1cn(CC)cc1C(=O)O. The van der Waals surface area contributed by atoms with E-state index in [1.165, 1.54) is 29.1 Å². The number of aromatic nitrogens is 2. The minimum absolute atomic E-state index is 0.0476.